The van der Waals surface area contributed by atoms with Crippen molar-refractivity contribution in [1.82, 2.24) is 5.32 Å². The summed E-state index contributed by atoms with van der Waals surface area (Å²) in [5.41, 5.74) is 0. The van der Waals surface area contributed by atoms with E-state index in [1.807, 2.05) is 0 Å². The highest BCUT2D eigenvalue weighted by molar-refractivity contribution is 9.10. The molecule has 0 amide bonds. The molecule has 1 fully saturated rings. The Hall–Kier alpha value is -0.610. The average Bonchev–Trinajstić information content (AvgIpc) is 3.12. The molecule has 1 aliphatic rings. The third kappa shape index (κ3) is 3.95. The Bertz CT molecular complexity index is 407. The first-order valence-electron chi connectivity index (χ1n) is 6.41. The monoisotopic (exact) mass is 315 g/mol. The Kier molecular flexibility index (Phi) is 4.62. The van der Waals surface area contributed by atoms with E-state index in [9.17, 15) is 4.39 Å². The van der Waals surface area contributed by atoms with Crippen LogP contribution in [0.15, 0.2) is 22.7 Å². The van der Waals surface area contributed by atoms with E-state index in [-0.39, 0.29) is 11.9 Å². The number of hydrogen-bond donors (Lipinski definition) is 1. The molecule has 0 aromatic heterocycles. The lowest BCUT2D eigenvalue weighted by Crippen LogP contribution is -2.36. The first kappa shape index (κ1) is 13.8. The highest BCUT2D eigenvalue weighted by atomic mass is 79.9. The molecule has 0 heterocycles. The molecular weight excluding hydrogens is 297 g/mol. The molecule has 2 rings (SSSR count). The SMILES string of the molecule is CC(C)C(CNC1CC1)Oc1ccc(F)c(Br)c1. The Balaban J connectivity index is 1.95. The molecule has 18 heavy (non-hydrogen) atoms. The van der Waals surface area contributed by atoms with E-state index in [0.29, 0.717) is 22.2 Å². The van der Waals surface area contributed by atoms with Gasteiger partial charge in [0.1, 0.15) is 17.7 Å². The summed E-state index contributed by atoms with van der Waals surface area (Å²) < 4.78 is 19.5. The van der Waals surface area contributed by atoms with Crippen molar-refractivity contribution in [3.8, 4) is 5.75 Å². The maximum absolute atomic E-state index is 13.1. The van der Waals surface area contributed by atoms with Gasteiger partial charge in [0.2, 0.25) is 0 Å². The molecule has 1 N–H and O–H groups in total. The summed E-state index contributed by atoms with van der Waals surface area (Å²) in [5.74, 6) is 0.860. The van der Waals surface area contributed by atoms with Gasteiger partial charge in [-0.05, 0) is 52.9 Å². The molecule has 4 heteroatoms. The summed E-state index contributed by atoms with van der Waals surface area (Å²) in [6, 6.07) is 5.45. The van der Waals surface area contributed by atoms with Crippen LogP contribution >= 0.6 is 15.9 Å². The summed E-state index contributed by atoms with van der Waals surface area (Å²) in [4.78, 5) is 0. The number of nitrogens with one attached hydrogen (secondary N) is 1. The Morgan fingerprint density at radius 1 is 1.44 bits per heavy atom. The summed E-state index contributed by atoms with van der Waals surface area (Å²) in [5, 5.41) is 3.47. The maximum atomic E-state index is 13.1. The van der Waals surface area contributed by atoms with Gasteiger partial charge in [-0.25, -0.2) is 4.39 Å². The number of halogens is 2. The molecule has 1 atom stereocenters. The smallest absolute Gasteiger partial charge is 0.137 e. The summed E-state index contributed by atoms with van der Waals surface area (Å²) >= 11 is 3.17. The predicted octanol–water partition coefficient (Wildman–Crippen LogP) is 3.74. The fraction of sp³-hybridized carbons (Fsp3) is 0.571. The second kappa shape index (κ2) is 6.02. The minimum atomic E-state index is -0.264. The van der Waals surface area contributed by atoms with Gasteiger partial charge >= 0.3 is 0 Å². The van der Waals surface area contributed by atoms with Crippen LogP contribution in [-0.2, 0) is 0 Å². The van der Waals surface area contributed by atoms with Crippen molar-refractivity contribution >= 4 is 15.9 Å². The van der Waals surface area contributed by atoms with Crippen LogP contribution in [0.1, 0.15) is 26.7 Å². The van der Waals surface area contributed by atoms with Crippen LogP contribution in [0.4, 0.5) is 4.39 Å². The van der Waals surface area contributed by atoms with Crippen LogP contribution < -0.4 is 10.1 Å². The molecular formula is C14H19BrFNO. The third-order valence-corrected chi connectivity index (χ3v) is 3.71. The van der Waals surface area contributed by atoms with Crippen molar-refractivity contribution in [2.24, 2.45) is 5.92 Å². The molecule has 0 aliphatic heterocycles. The van der Waals surface area contributed by atoms with E-state index in [1.54, 1.807) is 12.1 Å². The minimum absolute atomic E-state index is 0.114. The van der Waals surface area contributed by atoms with Gasteiger partial charge in [-0.3, -0.25) is 0 Å². The molecule has 2 nitrogen and oxygen atoms in total. The van der Waals surface area contributed by atoms with Gasteiger partial charge < -0.3 is 10.1 Å². The molecule has 0 radical (unpaired) electrons. The summed E-state index contributed by atoms with van der Waals surface area (Å²) in [6.45, 7) is 5.12. The van der Waals surface area contributed by atoms with Gasteiger partial charge in [-0.2, -0.15) is 0 Å². The van der Waals surface area contributed by atoms with Crippen LogP contribution in [0.25, 0.3) is 0 Å². The third-order valence-electron chi connectivity index (χ3n) is 3.11. The highest BCUT2D eigenvalue weighted by Gasteiger charge is 2.23. The van der Waals surface area contributed by atoms with Crippen molar-refractivity contribution in [2.45, 2.75) is 38.8 Å². The zero-order valence-electron chi connectivity index (χ0n) is 10.7. The summed E-state index contributed by atoms with van der Waals surface area (Å²) in [7, 11) is 0. The van der Waals surface area contributed by atoms with Crippen molar-refractivity contribution in [3.05, 3.63) is 28.5 Å². The van der Waals surface area contributed by atoms with E-state index in [2.05, 4.69) is 35.1 Å². The van der Waals surface area contributed by atoms with Crippen molar-refractivity contribution in [1.29, 1.82) is 0 Å². The van der Waals surface area contributed by atoms with Crippen molar-refractivity contribution < 1.29 is 9.13 Å². The van der Waals surface area contributed by atoms with Gasteiger partial charge in [0.25, 0.3) is 0 Å². The van der Waals surface area contributed by atoms with Gasteiger partial charge in [0.05, 0.1) is 4.47 Å². The molecule has 0 spiro atoms. The van der Waals surface area contributed by atoms with Gasteiger partial charge in [0.15, 0.2) is 0 Å². The zero-order chi connectivity index (χ0) is 13.1. The quantitative estimate of drug-likeness (QED) is 0.863. The Morgan fingerprint density at radius 2 is 2.17 bits per heavy atom. The van der Waals surface area contributed by atoms with Crippen LogP contribution in [0.5, 0.6) is 5.75 Å². The lowest BCUT2D eigenvalue weighted by atomic mass is 10.1. The predicted molar refractivity (Wildman–Crippen MR) is 74.4 cm³/mol. The van der Waals surface area contributed by atoms with Gasteiger partial charge in [-0.1, -0.05) is 13.8 Å². The fourth-order valence-corrected chi connectivity index (χ4v) is 2.07. The van der Waals surface area contributed by atoms with Crippen molar-refractivity contribution in [3.63, 3.8) is 0 Å². The van der Waals surface area contributed by atoms with Crippen LogP contribution in [0, 0.1) is 11.7 Å². The number of ether oxygens (including phenoxy) is 1. The van der Waals surface area contributed by atoms with Crippen LogP contribution in [0.2, 0.25) is 0 Å². The van der Waals surface area contributed by atoms with Crippen LogP contribution in [-0.4, -0.2) is 18.7 Å². The lowest BCUT2D eigenvalue weighted by Gasteiger charge is -2.23. The van der Waals surface area contributed by atoms with Gasteiger partial charge in [0, 0.05) is 12.6 Å². The second-order valence-corrected chi connectivity index (χ2v) is 6.01. The molecule has 1 aromatic rings. The molecule has 1 unspecified atom stereocenters. The Labute approximate surface area is 116 Å². The Morgan fingerprint density at radius 3 is 2.72 bits per heavy atom. The summed E-state index contributed by atoms with van der Waals surface area (Å²) in [6.07, 6.45) is 2.66. The fourth-order valence-electron chi connectivity index (χ4n) is 1.71. The second-order valence-electron chi connectivity index (χ2n) is 5.16. The zero-order valence-corrected chi connectivity index (χ0v) is 12.3. The molecule has 100 valence electrons. The van der Waals surface area contributed by atoms with E-state index >= 15 is 0 Å². The van der Waals surface area contributed by atoms with Crippen molar-refractivity contribution in [2.75, 3.05) is 6.54 Å². The minimum Gasteiger partial charge on any atom is -0.489 e. The standard InChI is InChI=1S/C14H19BrFNO/c1-9(2)14(8-17-10-3-4-10)18-11-5-6-13(16)12(15)7-11/h5-7,9-10,14,17H,3-4,8H2,1-2H3. The molecule has 1 aromatic carbocycles. The molecule has 1 saturated carbocycles. The van der Waals surface area contributed by atoms with E-state index < -0.39 is 0 Å². The van der Waals surface area contributed by atoms with E-state index in [4.69, 9.17) is 4.74 Å². The first-order chi connectivity index (χ1) is 8.56. The van der Waals surface area contributed by atoms with Gasteiger partial charge in [-0.15, -0.1) is 0 Å². The lowest BCUT2D eigenvalue weighted by molar-refractivity contribution is 0.148. The first-order valence-corrected chi connectivity index (χ1v) is 7.20. The number of rotatable bonds is 6. The number of hydrogen-bond acceptors (Lipinski definition) is 2. The molecule has 0 bridgehead atoms. The topological polar surface area (TPSA) is 21.3 Å². The van der Waals surface area contributed by atoms with Crippen LogP contribution in [0.3, 0.4) is 0 Å². The van der Waals surface area contributed by atoms with E-state index in [1.165, 1.54) is 18.9 Å². The normalized spacial score (nSPS) is 16.9. The van der Waals surface area contributed by atoms with E-state index in [0.717, 1.165) is 6.54 Å². The average molecular weight is 316 g/mol. The maximum Gasteiger partial charge on any atom is 0.137 e. The number of benzene rings is 1. The molecule has 1 aliphatic carbocycles. The highest BCUT2D eigenvalue weighted by Crippen LogP contribution is 2.24. The largest absolute Gasteiger partial charge is 0.489 e. The molecule has 0 saturated heterocycles.